The number of rotatable bonds is 7. The lowest BCUT2D eigenvalue weighted by molar-refractivity contribution is 0.0847. The van der Waals surface area contributed by atoms with Gasteiger partial charge < -0.3 is 15.4 Å². The van der Waals surface area contributed by atoms with Crippen LogP contribution in [0.2, 0.25) is 5.02 Å². The molecule has 5 rings (SSSR count). The molecular formula is C23H24ClN7O3S. The van der Waals surface area contributed by atoms with Crippen LogP contribution in [0, 0.1) is 0 Å². The third-order valence-electron chi connectivity index (χ3n) is 5.69. The normalized spacial score (nSPS) is 14.7. The van der Waals surface area contributed by atoms with Gasteiger partial charge in [0, 0.05) is 35.9 Å². The minimum absolute atomic E-state index is 0.286. The van der Waals surface area contributed by atoms with Gasteiger partial charge in [0.2, 0.25) is 16.0 Å². The van der Waals surface area contributed by atoms with Crippen molar-refractivity contribution in [1.29, 1.82) is 0 Å². The molecule has 0 spiro atoms. The van der Waals surface area contributed by atoms with Crippen LogP contribution >= 0.6 is 11.6 Å². The van der Waals surface area contributed by atoms with Crippen LogP contribution in [0.1, 0.15) is 24.5 Å². The van der Waals surface area contributed by atoms with Crippen LogP contribution in [0.4, 0.5) is 28.8 Å². The van der Waals surface area contributed by atoms with E-state index in [1.54, 1.807) is 24.3 Å². The fourth-order valence-electron chi connectivity index (χ4n) is 4.06. The SMILES string of the molecule is CS(=O)(=O)Nc1ccccc1Nc1nc(Nc2ccc3c(C4CCOCC4)[nH]nc3c2)ncc1Cl. The highest BCUT2D eigenvalue weighted by atomic mass is 35.5. The Morgan fingerprint density at radius 2 is 1.86 bits per heavy atom. The first-order chi connectivity index (χ1) is 16.9. The lowest BCUT2D eigenvalue weighted by Crippen LogP contribution is -2.14. The number of ether oxygens (including phenoxy) is 1. The van der Waals surface area contributed by atoms with Crippen molar-refractivity contribution in [3.63, 3.8) is 0 Å². The molecule has 4 aromatic rings. The van der Waals surface area contributed by atoms with Crippen LogP contribution in [-0.2, 0) is 14.8 Å². The molecule has 2 aromatic heterocycles. The number of H-pyrrole nitrogens is 1. The Bertz CT molecular complexity index is 1470. The summed E-state index contributed by atoms with van der Waals surface area (Å²) < 4.78 is 31.4. The molecule has 0 amide bonds. The van der Waals surface area contributed by atoms with Gasteiger partial charge in [-0.25, -0.2) is 13.4 Å². The molecule has 1 aliphatic heterocycles. The van der Waals surface area contributed by atoms with E-state index in [9.17, 15) is 8.42 Å². The van der Waals surface area contributed by atoms with Gasteiger partial charge in [0.15, 0.2) is 5.82 Å². The summed E-state index contributed by atoms with van der Waals surface area (Å²) >= 11 is 6.31. The Morgan fingerprint density at radius 1 is 1.09 bits per heavy atom. The van der Waals surface area contributed by atoms with Crippen LogP contribution < -0.4 is 15.4 Å². The molecule has 0 saturated carbocycles. The molecule has 3 heterocycles. The zero-order valence-electron chi connectivity index (χ0n) is 18.9. The van der Waals surface area contributed by atoms with Crippen LogP contribution in [0.15, 0.2) is 48.7 Å². The van der Waals surface area contributed by atoms with Crippen molar-refractivity contribution in [2.24, 2.45) is 0 Å². The van der Waals surface area contributed by atoms with E-state index >= 15 is 0 Å². The Labute approximate surface area is 207 Å². The highest BCUT2D eigenvalue weighted by molar-refractivity contribution is 7.92. The molecule has 12 heteroatoms. The van der Waals surface area contributed by atoms with Crippen molar-refractivity contribution in [2.45, 2.75) is 18.8 Å². The minimum atomic E-state index is -3.46. The van der Waals surface area contributed by atoms with Crippen molar-refractivity contribution in [1.82, 2.24) is 20.2 Å². The smallest absolute Gasteiger partial charge is 0.229 e. The molecule has 0 atom stereocenters. The summed E-state index contributed by atoms with van der Waals surface area (Å²) in [4.78, 5) is 8.74. The van der Waals surface area contributed by atoms with Crippen molar-refractivity contribution in [3.8, 4) is 0 Å². The maximum atomic E-state index is 11.7. The van der Waals surface area contributed by atoms with Crippen LogP contribution in [0.5, 0.6) is 0 Å². The largest absolute Gasteiger partial charge is 0.381 e. The molecule has 0 bridgehead atoms. The van der Waals surface area contributed by atoms with Gasteiger partial charge in [-0.15, -0.1) is 0 Å². The number of para-hydroxylation sites is 2. The third kappa shape index (κ3) is 5.47. The summed E-state index contributed by atoms with van der Waals surface area (Å²) in [5, 5.41) is 15.3. The maximum Gasteiger partial charge on any atom is 0.229 e. The number of nitrogens with one attached hydrogen (secondary N) is 4. The van der Waals surface area contributed by atoms with E-state index in [-0.39, 0.29) is 5.02 Å². The predicted octanol–water partition coefficient (Wildman–Crippen LogP) is 4.76. The molecule has 0 radical (unpaired) electrons. The number of hydrogen-bond acceptors (Lipinski definition) is 8. The van der Waals surface area contributed by atoms with Crippen LogP contribution in [0.3, 0.4) is 0 Å². The standard InChI is InChI=1S/C23H24ClN7O3S/c1-35(32,33)31-19-5-3-2-4-18(19)27-22-17(24)13-25-23(28-22)26-15-6-7-16-20(12-15)29-30-21(16)14-8-10-34-11-9-14/h2-7,12-14,31H,8-11H2,1H3,(H,29,30)(H2,25,26,27,28). The first-order valence-corrected chi connectivity index (χ1v) is 13.3. The van der Waals surface area contributed by atoms with E-state index in [2.05, 4.69) is 35.5 Å². The molecule has 182 valence electrons. The van der Waals surface area contributed by atoms with Gasteiger partial charge in [0.25, 0.3) is 0 Å². The van der Waals surface area contributed by atoms with Gasteiger partial charge >= 0.3 is 0 Å². The number of hydrogen-bond donors (Lipinski definition) is 4. The molecule has 0 aliphatic carbocycles. The van der Waals surface area contributed by atoms with Gasteiger partial charge in [0.1, 0.15) is 5.02 Å². The van der Waals surface area contributed by atoms with Crippen molar-refractivity contribution >= 4 is 61.4 Å². The fraction of sp³-hybridized carbons (Fsp3) is 0.261. The fourth-order valence-corrected chi connectivity index (χ4v) is 4.78. The predicted molar refractivity (Wildman–Crippen MR) is 137 cm³/mol. The molecular weight excluding hydrogens is 490 g/mol. The summed E-state index contributed by atoms with van der Waals surface area (Å²) in [7, 11) is -3.46. The lowest BCUT2D eigenvalue weighted by Gasteiger charge is -2.21. The topological polar surface area (TPSA) is 134 Å². The van der Waals surface area contributed by atoms with E-state index in [0.29, 0.717) is 29.1 Å². The van der Waals surface area contributed by atoms with E-state index < -0.39 is 10.0 Å². The summed E-state index contributed by atoms with van der Waals surface area (Å²) in [6.45, 7) is 1.54. The number of aromatic nitrogens is 4. The molecule has 0 unspecified atom stereocenters. The van der Waals surface area contributed by atoms with Gasteiger partial charge in [-0.3, -0.25) is 9.82 Å². The average Bonchev–Trinajstić information content (AvgIpc) is 3.25. The minimum Gasteiger partial charge on any atom is -0.381 e. The summed E-state index contributed by atoms with van der Waals surface area (Å²) in [6, 6.07) is 12.8. The van der Waals surface area contributed by atoms with E-state index in [1.807, 2.05) is 18.2 Å². The Kier molecular flexibility index (Phi) is 6.46. The number of sulfonamides is 1. The Morgan fingerprint density at radius 3 is 2.63 bits per heavy atom. The number of halogens is 1. The van der Waals surface area contributed by atoms with Crippen LogP contribution in [-0.4, -0.2) is 48.1 Å². The van der Waals surface area contributed by atoms with Crippen LogP contribution in [0.25, 0.3) is 10.9 Å². The summed E-state index contributed by atoms with van der Waals surface area (Å²) in [5.41, 5.74) is 3.65. The lowest BCUT2D eigenvalue weighted by atomic mass is 9.94. The Balaban J connectivity index is 1.37. The number of nitrogens with zero attached hydrogens (tertiary/aromatic N) is 3. The molecule has 10 nitrogen and oxygen atoms in total. The summed E-state index contributed by atoms with van der Waals surface area (Å²) in [6.07, 6.45) is 4.53. The molecule has 2 aromatic carbocycles. The average molecular weight is 514 g/mol. The highest BCUT2D eigenvalue weighted by Gasteiger charge is 2.20. The monoisotopic (exact) mass is 513 g/mol. The molecule has 4 N–H and O–H groups in total. The van der Waals surface area contributed by atoms with Gasteiger partial charge in [0.05, 0.1) is 29.3 Å². The van der Waals surface area contributed by atoms with E-state index in [4.69, 9.17) is 16.3 Å². The molecule has 1 aliphatic rings. The number of fused-ring (bicyclic) bond motifs is 1. The second-order valence-corrected chi connectivity index (χ2v) is 10.5. The number of anilines is 5. The maximum absolute atomic E-state index is 11.7. The van der Waals surface area contributed by atoms with Gasteiger partial charge in [-0.2, -0.15) is 10.1 Å². The second-order valence-electron chi connectivity index (χ2n) is 8.32. The zero-order chi connectivity index (χ0) is 24.4. The quantitative estimate of drug-likeness (QED) is 0.278. The first-order valence-electron chi connectivity index (χ1n) is 11.0. The first kappa shape index (κ1) is 23.3. The molecule has 1 saturated heterocycles. The zero-order valence-corrected chi connectivity index (χ0v) is 20.4. The number of aromatic amines is 1. The van der Waals surface area contributed by atoms with Crippen molar-refractivity contribution in [3.05, 3.63) is 59.4 Å². The molecule has 1 fully saturated rings. The summed E-state index contributed by atoms with van der Waals surface area (Å²) in [5.74, 6) is 1.07. The van der Waals surface area contributed by atoms with Crippen molar-refractivity contribution in [2.75, 3.05) is 34.8 Å². The van der Waals surface area contributed by atoms with E-state index in [1.165, 1.54) is 6.20 Å². The van der Waals surface area contributed by atoms with Gasteiger partial charge in [-0.05, 0) is 43.2 Å². The highest BCUT2D eigenvalue weighted by Crippen LogP contribution is 2.33. The van der Waals surface area contributed by atoms with Gasteiger partial charge in [-0.1, -0.05) is 23.7 Å². The molecule has 35 heavy (non-hydrogen) atoms. The Hall–Kier alpha value is -3.41. The van der Waals surface area contributed by atoms with Crippen molar-refractivity contribution < 1.29 is 13.2 Å². The third-order valence-corrected chi connectivity index (χ3v) is 6.56. The second kappa shape index (κ2) is 9.68. The van der Waals surface area contributed by atoms with E-state index in [0.717, 1.165) is 54.6 Å². The number of benzene rings is 2.